The summed E-state index contributed by atoms with van der Waals surface area (Å²) < 4.78 is 0. The van der Waals surface area contributed by atoms with Crippen LogP contribution >= 0.6 is 0 Å². The van der Waals surface area contributed by atoms with Crippen molar-refractivity contribution in [3.63, 3.8) is 0 Å². The first-order chi connectivity index (χ1) is 2.77. The minimum Gasteiger partial charge on any atom is -0.600 e. The lowest BCUT2D eigenvalue weighted by Crippen LogP contribution is -3.02. The summed E-state index contributed by atoms with van der Waals surface area (Å²) in [7, 11) is 1.39. The van der Waals surface area contributed by atoms with Gasteiger partial charge in [-0.2, -0.15) is 0 Å². The summed E-state index contributed by atoms with van der Waals surface area (Å²) in [5.41, 5.74) is 0. The maximum Gasteiger partial charge on any atom is 0.104 e. The highest BCUT2D eigenvalue weighted by Crippen LogP contribution is 1.48. The van der Waals surface area contributed by atoms with Crippen LogP contribution in [0.2, 0.25) is 0 Å². The summed E-state index contributed by atoms with van der Waals surface area (Å²) in [4.78, 5) is 4.40. The van der Waals surface area contributed by atoms with Crippen LogP contribution in [0.4, 0.5) is 0 Å². The Hall–Kier alpha value is -0.120. The molecule has 0 aromatic rings. The predicted octanol–water partition coefficient (Wildman–Crippen LogP) is -1.05. The molecule has 0 aliphatic carbocycles. The normalized spacial score (nSPS) is 14.5. The van der Waals surface area contributed by atoms with Gasteiger partial charge >= 0.3 is 0 Å². The minimum atomic E-state index is -0.211. The Kier molecular flexibility index (Phi) is 3.02. The van der Waals surface area contributed by atoms with Crippen LogP contribution in [0.1, 0.15) is 6.92 Å². The van der Waals surface area contributed by atoms with Gasteiger partial charge in [-0.05, 0) is 6.92 Å². The molecular weight excluding hydrogens is 82.0 g/mol. The summed E-state index contributed by atoms with van der Waals surface area (Å²) in [5, 5.41) is 9.61. The molecule has 0 saturated carbocycles. The smallest absolute Gasteiger partial charge is 0.104 e. The van der Waals surface area contributed by atoms with E-state index in [2.05, 4.69) is 4.84 Å². The van der Waals surface area contributed by atoms with Crippen molar-refractivity contribution in [3.8, 4) is 0 Å². The molecule has 1 unspecified atom stereocenters. The number of hydrogen-bond donors (Lipinski definition) is 1. The van der Waals surface area contributed by atoms with Gasteiger partial charge in [0.1, 0.15) is 6.61 Å². The summed E-state index contributed by atoms with van der Waals surface area (Å²) in [6.07, 6.45) is 0. The van der Waals surface area contributed by atoms with E-state index in [0.29, 0.717) is 6.61 Å². The molecule has 0 spiro atoms. The molecule has 0 bridgehead atoms. The first-order valence-corrected chi connectivity index (χ1v) is 1.90. The Morgan fingerprint density at radius 1 is 1.83 bits per heavy atom. The highest BCUT2D eigenvalue weighted by molar-refractivity contribution is 3.93. The van der Waals surface area contributed by atoms with Crippen molar-refractivity contribution in [2.24, 2.45) is 0 Å². The molecule has 0 fully saturated rings. The summed E-state index contributed by atoms with van der Waals surface area (Å²) >= 11 is 0. The van der Waals surface area contributed by atoms with E-state index in [0.717, 1.165) is 0 Å². The largest absolute Gasteiger partial charge is 0.600 e. The van der Waals surface area contributed by atoms with E-state index >= 15 is 0 Å². The second kappa shape index (κ2) is 3.08. The van der Waals surface area contributed by atoms with E-state index in [1.807, 2.05) is 0 Å². The van der Waals surface area contributed by atoms with Gasteiger partial charge < -0.3 is 5.21 Å². The highest BCUT2D eigenvalue weighted by Gasteiger charge is 1.76. The SMILES string of the molecule is CCO[NH+](C)[O-]. The Bertz CT molecular complexity index is 30.0. The van der Waals surface area contributed by atoms with Gasteiger partial charge in [0.15, 0.2) is 0 Å². The van der Waals surface area contributed by atoms with E-state index in [-0.39, 0.29) is 5.23 Å². The third kappa shape index (κ3) is 3.88. The number of quaternary nitrogens is 1. The van der Waals surface area contributed by atoms with Gasteiger partial charge in [-0.25, -0.2) is 10.1 Å². The fraction of sp³-hybridized carbons (Fsp3) is 1.00. The van der Waals surface area contributed by atoms with Crippen molar-refractivity contribution in [2.45, 2.75) is 6.92 Å². The molecule has 1 N–H and O–H groups in total. The van der Waals surface area contributed by atoms with Crippen LogP contribution in [-0.2, 0) is 4.84 Å². The van der Waals surface area contributed by atoms with Crippen molar-refractivity contribution in [3.05, 3.63) is 5.21 Å². The molecule has 0 amide bonds. The number of rotatable bonds is 2. The van der Waals surface area contributed by atoms with Crippen LogP contribution in [0.15, 0.2) is 0 Å². The van der Waals surface area contributed by atoms with Crippen LogP contribution in [-0.4, -0.2) is 13.7 Å². The third-order valence-electron chi connectivity index (χ3n) is 0.348. The zero-order chi connectivity index (χ0) is 4.99. The van der Waals surface area contributed by atoms with Gasteiger partial charge in [0.25, 0.3) is 0 Å². The predicted molar refractivity (Wildman–Crippen MR) is 21.9 cm³/mol. The van der Waals surface area contributed by atoms with Crippen molar-refractivity contribution < 1.29 is 10.1 Å². The van der Waals surface area contributed by atoms with Gasteiger partial charge in [0.05, 0.1) is 7.05 Å². The molecule has 0 rings (SSSR count). The molecule has 38 valence electrons. The van der Waals surface area contributed by atoms with E-state index in [4.69, 9.17) is 0 Å². The summed E-state index contributed by atoms with van der Waals surface area (Å²) in [5.74, 6) is 0. The Labute approximate surface area is 37.0 Å². The second-order valence-electron chi connectivity index (χ2n) is 0.925. The first kappa shape index (κ1) is 5.88. The Morgan fingerprint density at radius 3 is 2.33 bits per heavy atom. The lowest BCUT2D eigenvalue weighted by Gasteiger charge is -2.10. The van der Waals surface area contributed by atoms with Crippen LogP contribution in [0.5, 0.6) is 0 Å². The molecular formula is C3H9NO2. The van der Waals surface area contributed by atoms with Gasteiger partial charge in [-0.1, -0.05) is 0 Å². The van der Waals surface area contributed by atoms with Crippen LogP contribution in [0, 0.1) is 5.21 Å². The molecule has 6 heavy (non-hydrogen) atoms. The van der Waals surface area contributed by atoms with Gasteiger partial charge in [-0.3, -0.25) is 0 Å². The molecule has 0 heterocycles. The standard InChI is InChI=1S/C3H9NO2/c1-3-6-4(2)5/h4H,3H2,1-2H3. The molecule has 3 nitrogen and oxygen atoms in total. The average Bonchev–Trinajstić information content (AvgIpc) is 1.35. The fourth-order valence-corrected chi connectivity index (χ4v) is 0.203. The molecule has 0 aliphatic rings. The molecule has 0 saturated heterocycles. The van der Waals surface area contributed by atoms with Gasteiger partial charge in [0.2, 0.25) is 0 Å². The van der Waals surface area contributed by atoms with E-state index in [1.165, 1.54) is 7.05 Å². The lowest BCUT2D eigenvalue weighted by atomic mass is 10.9. The topological polar surface area (TPSA) is 36.7 Å². The van der Waals surface area contributed by atoms with E-state index in [9.17, 15) is 5.21 Å². The number of nitrogens with one attached hydrogen (secondary N) is 1. The summed E-state index contributed by atoms with van der Waals surface area (Å²) in [6, 6.07) is 0. The maximum atomic E-state index is 9.82. The van der Waals surface area contributed by atoms with Gasteiger partial charge in [0, 0.05) is 0 Å². The number of hydroxylamine groups is 2. The minimum absolute atomic E-state index is 0.211. The molecule has 0 aromatic heterocycles. The highest BCUT2D eigenvalue weighted by atomic mass is 16.9. The maximum absolute atomic E-state index is 9.82. The zero-order valence-electron chi connectivity index (χ0n) is 4.02. The quantitative estimate of drug-likeness (QED) is 0.440. The van der Waals surface area contributed by atoms with Gasteiger partial charge in [-0.15, -0.1) is 0 Å². The molecule has 0 radical (unpaired) electrons. The second-order valence-corrected chi connectivity index (χ2v) is 0.925. The van der Waals surface area contributed by atoms with Crippen molar-refractivity contribution in [1.82, 2.24) is 0 Å². The first-order valence-electron chi connectivity index (χ1n) is 1.90. The van der Waals surface area contributed by atoms with Crippen molar-refractivity contribution >= 4 is 0 Å². The monoisotopic (exact) mass is 91.1 g/mol. The lowest BCUT2D eigenvalue weighted by molar-refractivity contribution is -1.04. The van der Waals surface area contributed by atoms with Crippen LogP contribution in [0.3, 0.4) is 0 Å². The van der Waals surface area contributed by atoms with E-state index in [1.54, 1.807) is 6.92 Å². The summed E-state index contributed by atoms with van der Waals surface area (Å²) in [6.45, 7) is 2.26. The Morgan fingerprint density at radius 2 is 2.33 bits per heavy atom. The average molecular weight is 91.1 g/mol. The zero-order valence-corrected chi connectivity index (χ0v) is 4.02. The molecule has 3 heteroatoms. The fourth-order valence-electron chi connectivity index (χ4n) is 0.203. The van der Waals surface area contributed by atoms with Crippen molar-refractivity contribution in [1.29, 1.82) is 0 Å². The molecule has 0 aromatic carbocycles. The van der Waals surface area contributed by atoms with Crippen LogP contribution < -0.4 is 5.23 Å². The number of hydrogen-bond acceptors (Lipinski definition) is 2. The van der Waals surface area contributed by atoms with Crippen molar-refractivity contribution in [2.75, 3.05) is 13.7 Å². The van der Waals surface area contributed by atoms with E-state index < -0.39 is 0 Å². The molecule has 0 aliphatic heterocycles. The Balaban J connectivity index is 2.63. The molecule has 1 atom stereocenters. The third-order valence-corrected chi connectivity index (χ3v) is 0.348. The van der Waals surface area contributed by atoms with Crippen LogP contribution in [0.25, 0.3) is 0 Å².